The fraction of sp³-hybridized carbons (Fsp3) is 0.640. The molecule has 0 radical (unpaired) electrons. The van der Waals surface area contributed by atoms with Gasteiger partial charge in [-0.25, -0.2) is 0 Å². The molecular formula is C25H36O2S2Sn. The molecule has 0 bridgehead atoms. The summed E-state index contributed by atoms with van der Waals surface area (Å²) in [5.41, 5.74) is -0.351. The molecule has 0 spiro atoms. The zero-order chi connectivity index (χ0) is 21.6. The molecule has 2 heterocycles. The molecule has 0 saturated heterocycles. The van der Waals surface area contributed by atoms with Crippen LogP contribution in [0, 0.1) is 9.86 Å². The molecule has 1 aliphatic carbocycles. The molecule has 30 heavy (non-hydrogen) atoms. The first-order chi connectivity index (χ1) is 14.5. The molecule has 0 aliphatic heterocycles. The van der Waals surface area contributed by atoms with E-state index in [2.05, 4.69) is 42.8 Å². The second kappa shape index (κ2) is 10.9. The molecule has 5 heteroatoms. The fourth-order valence-corrected chi connectivity index (χ4v) is 20.2. The van der Waals surface area contributed by atoms with Crippen molar-refractivity contribution in [1.82, 2.24) is 0 Å². The van der Waals surface area contributed by atoms with Gasteiger partial charge in [0.15, 0.2) is 0 Å². The third-order valence-electron chi connectivity index (χ3n) is 6.48. The summed E-state index contributed by atoms with van der Waals surface area (Å²) in [6.07, 6.45) is 9.78. The number of fused-ring (bicyclic) bond motifs is 1. The summed E-state index contributed by atoms with van der Waals surface area (Å²) in [6, 6.07) is 4.49. The van der Waals surface area contributed by atoms with E-state index in [0.717, 1.165) is 12.8 Å². The van der Waals surface area contributed by atoms with Crippen LogP contribution in [0.15, 0.2) is 12.1 Å². The molecule has 2 nitrogen and oxygen atoms in total. The van der Waals surface area contributed by atoms with Gasteiger partial charge >= 0.3 is 196 Å². The summed E-state index contributed by atoms with van der Waals surface area (Å²) in [7, 11) is 1.50. The molecule has 0 atom stereocenters. The summed E-state index contributed by atoms with van der Waals surface area (Å²) in [5, 5.41) is 0. The molecule has 0 aromatic carbocycles. The van der Waals surface area contributed by atoms with Crippen molar-refractivity contribution in [2.24, 2.45) is 0 Å². The van der Waals surface area contributed by atoms with Gasteiger partial charge < -0.3 is 0 Å². The maximum absolute atomic E-state index is 12.2. The molecule has 0 unspecified atom stereocenters. The van der Waals surface area contributed by atoms with Crippen LogP contribution in [0.4, 0.5) is 0 Å². The van der Waals surface area contributed by atoms with Crippen LogP contribution >= 0.6 is 22.7 Å². The van der Waals surface area contributed by atoms with Gasteiger partial charge in [0.2, 0.25) is 0 Å². The van der Waals surface area contributed by atoms with Crippen LogP contribution in [-0.4, -0.2) is 31.5 Å². The van der Waals surface area contributed by atoms with E-state index in [-0.39, 0.29) is 11.4 Å². The average Bonchev–Trinajstić information content (AvgIpc) is 3.34. The zero-order valence-corrected chi connectivity index (χ0v) is 23.6. The molecule has 1 aliphatic rings. The van der Waals surface area contributed by atoms with Gasteiger partial charge in [-0.3, -0.25) is 0 Å². The van der Waals surface area contributed by atoms with Crippen molar-refractivity contribution in [2.45, 2.75) is 90.9 Å². The van der Waals surface area contributed by atoms with Gasteiger partial charge in [0.1, 0.15) is 0 Å². The molecule has 0 amide bonds. The summed E-state index contributed by atoms with van der Waals surface area (Å²) < 4.78 is 15.9. The Labute approximate surface area is 194 Å². The number of carbonyl (C=O) groups excluding carboxylic acids is 1. The van der Waals surface area contributed by atoms with E-state index in [1.807, 2.05) is 11.3 Å². The average molecular weight is 551 g/mol. The minimum atomic E-state index is -2.41. The van der Waals surface area contributed by atoms with Gasteiger partial charge in [-0.05, 0) is 0 Å². The molecule has 164 valence electrons. The Balaban J connectivity index is 1.84. The predicted octanol–water partition coefficient (Wildman–Crippen LogP) is 7.91. The van der Waals surface area contributed by atoms with Gasteiger partial charge in [-0.15, -0.1) is 0 Å². The van der Waals surface area contributed by atoms with Crippen molar-refractivity contribution >= 4 is 56.4 Å². The first-order valence-corrected chi connectivity index (χ1v) is 20.8. The quantitative estimate of drug-likeness (QED) is 0.161. The van der Waals surface area contributed by atoms with Crippen LogP contribution in [-0.2, 0) is 14.9 Å². The van der Waals surface area contributed by atoms with Crippen molar-refractivity contribution in [3.63, 3.8) is 0 Å². The van der Waals surface area contributed by atoms with E-state index in [0.29, 0.717) is 0 Å². The fourth-order valence-electron chi connectivity index (χ4n) is 4.31. The van der Waals surface area contributed by atoms with Gasteiger partial charge in [0.05, 0.1) is 0 Å². The first kappa shape index (κ1) is 24.1. The molecule has 2 aromatic heterocycles. The van der Waals surface area contributed by atoms with Gasteiger partial charge in [0, 0.05) is 0 Å². The standard InChI is InChI=1S/C13H9O2S2.3C4H9.Sn/c1-3-8-6-9-10(16-8)7-11(17-9)13(4-5-13)12(14)15-2;3*1-3-4-2;/h6-7H,4-5H2,2H3;3*1,3-4H2,2H3;. The number of methoxy groups -OCH3 is 1. The third kappa shape index (κ3) is 5.45. The van der Waals surface area contributed by atoms with E-state index in [1.54, 1.807) is 11.3 Å². The second-order valence-electron chi connectivity index (χ2n) is 8.86. The number of carbonyl (C=O) groups is 1. The Kier molecular flexibility index (Phi) is 8.75. The number of rotatable bonds is 11. The van der Waals surface area contributed by atoms with Crippen molar-refractivity contribution in [3.05, 3.63) is 21.9 Å². The van der Waals surface area contributed by atoms with Crippen LogP contribution in [0.25, 0.3) is 9.40 Å². The van der Waals surface area contributed by atoms with Gasteiger partial charge in [-0.2, -0.15) is 0 Å². The summed E-state index contributed by atoms with van der Waals surface area (Å²) >= 11 is 1.17. The van der Waals surface area contributed by atoms with E-state index in [4.69, 9.17) is 4.74 Å². The second-order valence-corrected chi connectivity index (χ2v) is 23.3. The van der Waals surface area contributed by atoms with E-state index in [1.165, 1.54) is 78.1 Å². The molecule has 3 rings (SSSR count). The number of hydrogen-bond acceptors (Lipinski definition) is 4. The van der Waals surface area contributed by atoms with E-state index in [9.17, 15) is 4.79 Å². The maximum atomic E-state index is 12.2. The van der Waals surface area contributed by atoms with Crippen LogP contribution in [0.1, 0.15) is 81.9 Å². The number of unbranched alkanes of at least 4 members (excludes halogenated alkanes) is 3. The molecule has 1 saturated carbocycles. The Morgan fingerprint density at radius 2 is 1.57 bits per heavy atom. The van der Waals surface area contributed by atoms with Crippen LogP contribution in [0.5, 0.6) is 0 Å². The number of hydrogen-bond donors (Lipinski definition) is 0. The number of esters is 1. The topological polar surface area (TPSA) is 26.3 Å². The predicted molar refractivity (Wildman–Crippen MR) is 134 cm³/mol. The van der Waals surface area contributed by atoms with Gasteiger partial charge in [0.25, 0.3) is 0 Å². The molecule has 0 N–H and O–H groups in total. The van der Waals surface area contributed by atoms with Gasteiger partial charge in [-0.1, -0.05) is 0 Å². The zero-order valence-electron chi connectivity index (χ0n) is 19.1. The summed E-state index contributed by atoms with van der Waals surface area (Å²) in [5.74, 6) is 3.60. The molecular weight excluding hydrogens is 515 g/mol. The van der Waals surface area contributed by atoms with Crippen LogP contribution in [0.2, 0.25) is 13.3 Å². The Morgan fingerprint density at radius 3 is 2.03 bits per heavy atom. The monoisotopic (exact) mass is 552 g/mol. The summed E-state index contributed by atoms with van der Waals surface area (Å²) in [4.78, 5) is 14.6. The Hall–Kier alpha value is -0.511. The van der Waals surface area contributed by atoms with Crippen LogP contribution < -0.4 is 0 Å². The third-order valence-corrected chi connectivity index (χ3v) is 22.0. The number of ether oxygens (including phenoxy) is 1. The van der Waals surface area contributed by atoms with Crippen molar-refractivity contribution in [3.8, 4) is 9.86 Å². The van der Waals surface area contributed by atoms with Crippen molar-refractivity contribution in [2.75, 3.05) is 7.11 Å². The molecule has 2 aromatic rings. The minimum absolute atomic E-state index is 0.0713. The molecule has 1 fully saturated rings. The van der Waals surface area contributed by atoms with Crippen LogP contribution in [0.3, 0.4) is 0 Å². The van der Waals surface area contributed by atoms with E-state index < -0.39 is 18.4 Å². The Morgan fingerprint density at radius 1 is 1.00 bits per heavy atom. The summed E-state index contributed by atoms with van der Waals surface area (Å²) in [6.45, 7) is 6.95. The normalized spacial score (nSPS) is 15.1. The van der Waals surface area contributed by atoms with Crippen molar-refractivity contribution in [1.29, 1.82) is 0 Å². The van der Waals surface area contributed by atoms with Crippen molar-refractivity contribution < 1.29 is 9.53 Å². The number of thiophene rings is 2. The van der Waals surface area contributed by atoms with E-state index >= 15 is 0 Å². The first-order valence-electron chi connectivity index (χ1n) is 11.7. The SMILES string of the molecule is CCC[CH2][Sn]([C]#Cc1cc2sc(C3(C(=O)OC)CC3)cc2s1)([CH2]CCC)[CH2]CCC. The Bertz CT molecular complexity index is 857.